The molecule has 1 aromatic carbocycles. The maximum absolute atomic E-state index is 12.5. The van der Waals surface area contributed by atoms with E-state index in [9.17, 15) is 4.79 Å². The average molecular weight is 339 g/mol. The Morgan fingerprint density at radius 1 is 1.17 bits per heavy atom. The summed E-state index contributed by atoms with van der Waals surface area (Å²) in [5.41, 5.74) is 1.81. The summed E-state index contributed by atoms with van der Waals surface area (Å²) >= 11 is 1.32. The summed E-state index contributed by atoms with van der Waals surface area (Å²) < 4.78 is 0. The van der Waals surface area contributed by atoms with Crippen LogP contribution in [0.3, 0.4) is 0 Å². The number of aromatic nitrogens is 4. The van der Waals surface area contributed by atoms with Gasteiger partial charge in [0.2, 0.25) is 11.1 Å². The van der Waals surface area contributed by atoms with Crippen LogP contribution in [0.4, 0.5) is 5.69 Å². The first kappa shape index (κ1) is 16.2. The van der Waals surface area contributed by atoms with Crippen LogP contribution >= 0.6 is 11.8 Å². The smallest absolute Gasteiger partial charge is 0.237 e. The van der Waals surface area contributed by atoms with Gasteiger partial charge in [-0.2, -0.15) is 0 Å². The molecule has 1 amide bonds. The normalized spacial score (nSPS) is 10.5. The van der Waals surface area contributed by atoms with E-state index in [-0.39, 0.29) is 11.7 Å². The molecule has 122 valence electrons. The second-order valence-corrected chi connectivity index (χ2v) is 5.91. The highest BCUT2D eigenvalue weighted by molar-refractivity contribution is 7.99. The molecule has 2 heterocycles. The molecule has 6 nitrogen and oxygen atoms in total. The summed E-state index contributed by atoms with van der Waals surface area (Å²) in [5, 5.41) is 7.60. The lowest BCUT2D eigenvalue weighted by Gasteiger charge is -2.20. The molecule has 0 spiro atoms. The average Bonchev–Trinajstić information content (AvgIpc) is 3.11. The summed E-state index contributed by atoms with van der Waals surface area (Å²) in [6.45, 7) is 2.59. The van der Waals surface area contributed by atoms with Gasteiger partial charge in [0.25, 0.3) is 0 Å². The number of H-pyrrole nitrogens is 1. The molecule has 3 rings (SSSR count). The fourth-order valence-electron chi connectivity index (χ4n) is 2.26. The van der Waals surface area contributed by atoms with Crippen LogP contribution in [0.5, 0.6) is 0 Å². The van der Waals surface area contributed by atoms with Gasteiger partial charge < -0.3 is 4.90 Å². The predicted octanol–water partition coefficient (Wildman–Crippen LogP) is 3.01. The zero-order valence-corrected chi connectivity index (χ0v) is 14.0. The van der Waals surface area contributed by atoms with Crippen molar-refractivity contribution in [3.05, 3.63) is 54.9 Å². The number of hydrogen-bond donors (Lipinski definition) is 1. The van der Waals surface area contributed by atoms with Crippen molar-refractivity contribution in [3.63, 3.8) is 0 Å². The van der Waals surface area contributed by atoms with Crippen molar-refractivity contribution in [1.29, 1.82) is 0 Å². The van der Waals surface area contributed by atoms with Crippen LogP contribution in [0.25, 0.3) is 11.4 Å². The molecule has 0 unspecified atom stereocenters. The van der Waals surface area contributed by atoms with Crippen LogP contribution in [-0.2, 0) is 4.79 Å². The molecule has 0 atom stereocenters. The molecule has 0 radical (unpaired) electrons. The highest BCUT2D eigenvalue weighted by atomic mass is 32.2. The molecule has 3 aromatic rings. The van der Waals surface area contributed by atoms with E-state index in [2.05, 4.69) is 20.2 Å². The molecular formula is C17H17N5OS. The minimum absolute atomic E-state index is 0.0314. The van der Waals surface area contributed by atoms with Crippen molar-refractivity contribution in [2.75, 3.05) is 17.2 Å². The van der Waals surface area contributed by atoms with Crippen molar-refractivity contribution >= 4 is 23.4 Å². The van der Waals surface area contributed by atoms with E-state index in [1.54, 1.807) is 17.3 Å². The number of benzene rings is 1. The number of amides is 1. The van der Waals surface area contributed by atoms with Gasteiger partial charge >= 0.3 is 0 Å². The van der Waals surface area contributed by atoms with Gasteiger partial charge in [0.15, 0.2) is 5.82 Å². The van der Waals surface area contributed by atoms with E-state index in [1.807, 2.05) is 49.4 Å². The van der Waals surface area contributed by atoms with E-state index in [0.717, 1.165) is 11.3 Å². The molecule has 0 aliphatic carbocycles. The van der Waals surface area contributed by atoms with Crippen molar-refractivity contribution < 1.29 is 4.79 Å². The van der Waals surface area contributed by atoms with Gasteiger partial charge in [0.05, 0.1) is 5.75 Å². The number of pyridine rings is 1. The second kappa shape index (κ2) is 7.74. The quantitative estimate of drug-likeness (QED) is 0.699. The first-order valence-electron chi connectivity index (χ1n) is 7.59. The number of para-hydroxylation sites is 1. The van der Waals surface area contributed by atoms with Gasteiger partial charge in [-0.15, -0.1) is 5.10 Å². The van der Waals surface area contributed by atoms with E-state index >= 15 is 0 Å². The van der Waals surface area contributed by atoms with Gasteiger partial charge in [-0.25, -0.2) is 4.98 Å². The number of anilines is 1. The van der Waals surface area contributed by atoms with E-state index in [1.165, 1.54) is 11.8 Å². The lowest BCUT2D eigenvalue weighted by Crippen LogP contribution is -2.32. The number of aromatic amines is 1. The standard InChI is InChI=1S/C17H17N5OS/c1-2-22(14-6-4-3-5-7-14)15(23)12-24-17-19-16(20-21-17)13-8-10-18-11-9-13/h3-11H,2,12H2,1H3,(H,19,20,21). The highest BCUT2D eigenvalue weighted by Crippen LogP contribution is 2.20. The van der Waals surface area contributed by atoms with Gasteiger partial charge in [-0.3, -0.25) is 14.9 Å². The SMILES string of the molecule is CCN(C(=O)CSc1n[nH]c(-c2ccncc2)n1)c1ccccc1. The van der Waals surface area contributed by atoms with Crippen molar-refractivity contribution in [2.45, 2.75) is 12.1 Å². The fraction of sp³-hybridized carbons (Fsp3) is 0.176. The molecule has 24 heavy (non-hydrogen) atoms. The zero-order valence-electron chi connectivity index (χ0n) is 13.2. The van der Waals surface area contributed by atoms with Gasteiger partial charge in [0, 0.05) is 30.2 Å². The van der Waals surface area contributed by atoms with E-state index in [0.29, 0.717) is 17.5 Å². The fourth-order valence-corrected chi connectivity index (χ4v) is 2.94. The lowest BCUT2D eigenvalue weighted by atomic mass is 10.3. The molecule has 1 N–H and O–H groups in total. The number of carbonyl (C=O) groups excluding carboxylic acids is 1. The van der Waals surface area contributed by atoms with Crippen LogP contribution < -0.4 is 4.90 Å². The summed E-state index contributed by atoms with van der Waals surface area (Å²) in [7, 11) is 0. The van der Waals surface area contributed by atoms with Crippen LogP contribution in [0.2, 0.25) is 0 Å². The number of nitrogens with zero attached hydrogens (tertiary/aromatic N) is 4. The Labute approximate surface area is 144 Å². The predicted molar refractivity (Wildman–Crippen MR) is 94.8 cm³/mol. The summed E-state index contributed by atoms with van der Waals surface area (Å²) in [6, 6.07) is 13.4. The van der Waals surface area contributed by atoms with E-state index < -0.39 is 0 Å². The van der Waals surface area contributed by atoms with Gasteiger partial charge in [-0.05, 0) is 31.2 Å². The van der Waals surface area contributed by atoms with Crippen LogP contribution in [-0.4, -0.2) is 38.4 Å². The van der Waals surface area contributed by atoms with E-state index in [4.69, 9.17) is 0 Å². The highest BCUT2D eigenvalue weighted by Gasteiger charge is 2.15. The van der Waals surface area contributed by atoms with Gasteiger partial charge in [-0.1, -0.05) is 30.0 Å². The van der Waals surface area contributed by atoms with Crippen molar-refractivity contribution in [2.24, 2.45) is 0 Å². The molecule has 0 fully saturated rings. The molecule has 0 saturated carbocycles. The molecule has 7 heteroatoms. The van der Waals surface area contributed by atoms with Crippen molar-refractivity contribution in [3.8, 4) is 11.4 Å². The first-order valence-corrected chi connectivity index (χ1v) is 8.57. The molecule has 0 aliphatic rings. The number of nitrogens with one attached hydrogen (secondary N) is 1. The summed E-state index contributed by atoms with van der Waals surface area (Å²) in [5.74, 6) is 0.989. The van der Waals surface area contributed by atoms with Crippen LogP contribution in [0, 0.1) is 0 Å². The Kier molecular flexibility index (Phi) is 5.22. The van der Waals surface area contributed by atoms with Crippen molar-refractivity contribution in [1.82, 2.24) is 20.2 Å². The lowest BCUT2D eigenvalue weighted by molar-refractivity contribution is -0.116. The minimum atomic E-state index is 0.0314. The maximum Gasteiger partial charge on any atom is 0.237 e. The van der Waals surface area contributed by atoms with Crippen LogP contribution in [0.15, 0.2) is 60.0 Å². The third kappa shape index (κ3) is 3.80. The second-order valence-electron chi connectivity index (χ2n) is 4.96. The first-order chi connectivity index (χ1) is 11.8. The monoisotopic (exact) mass is 339 g/mol. The maximum atomic E-state index is 12.5. The molecule has 2 aromatic heterocycles. The Hall–Kier alpha value is -2.67. The Morgan fingerprint density at radius 2 is 1.92 bits per heavy atom. The molecule has 0 saturated heterocycles. The molecule has 0 bridgehead atoms. The van der Waals surface area contributed by atoms with Crippen LogP contribution in [0.1, 0.15) is 6.92 Å². The number of hydrogen-bond acceptors (Lipinski definition) is 5. The topological polar surface area (TPSA) is 74.8 Å². The Balaban J connectivity index is 1.63. The number of rotatable bonds is 6. The third-order valence-electron chi connectivity index (χ3n) is 3.43. The summed E-state index contributed by atoms with van der Waals surface area (Å²) in [4.78, 5) is 22.6. The largest absolute Gasteiger partial charge is 0.312 e. The Bertz CT molecular complexity index is 791. The molecule has 0 aliphatic heterocycles. The summed E-state index contributed by atoms with van der Waals surface area (Å²) in [6.07, 6.45) is 3.40. The number of thioether (sulfide) groups is 1. The Morgan fingerprint density at radius 3 is 2.62 bits per heavy atom. The van der Waals surface area contributed by atoms with Gasteiger partial charge in [0.1, 0.15) is 0 Å². The molecular weight excluding hydrogens is 322 g/mol. The zero-order chi connectivity index (χ0) is 16.8. The third-order valence-corrected chi connectivity index (χ3v) is 4.26. The number of carbonyl (C=O) groups is 1. The minimum Gasteiger partial charge on any atom is -0.312 e.